The lowest BCUT2D eigenvalue weighted by Crippen LogP contribution is -2.26. The highest BCUT2D eigenvalue weighted by Crippen LogP contribution is 2.23. The van der Waals surface area contributed by atoms with Crippen LogP contribution in [0.25, 0.3) is 0 Å². The zero-order valence-electron chi connectivity index (χ0n) is 19.1. The van der Waals surface area contributed by atoms with Crippen molar-refractivity contribution in [3.05, 3.63) is 54.1 Å². The number of likely N-dealkylation sites (tertiary alicyclic amines) is 1. The lowest BCUT2D eigenvalue weighted by atomic mass is 10.2. The van der Waals surface area contributed by atoms with E-state index in [2.05, 4.69) is 9.71 Å². The Morgan fingerprint density at radius 3 is 2.73 bits per heavy atom. The molecular formula is C24H31N3O5S. The SMILES string of the molecule is CCOCCOc1ccccc1C(=O)Nc1cccc(S(=O)(=O)/N=C2/CCCCCN2C)c1. The number of hydrogen-bond acceptors (Lipinski definition) is 5. The molecule has 2 aromatic carbocycles. The molecular weight excluding hydrogens is 442 g/mol. The van der Waals surface area contributed by atoms with Gasteiger partial charge in [-0.2, -0.15) is 8.42 Å². The van der Waals surface area contributed by atoms with Crippen LogP contribution in [-0.4, -0.2) is 58.5 Å². The van der Waals surface area contributed by atoms with E-state index >= 15 is 0 Å². The van der Waals surface area contributed by atoms with Gasteiger partial charge in [0.1, 0.15) is 18.2 Å². The standard InChI is InChI=1S/C24H31N3O5S/c1-3-31-16-17-32-22-13-7-6-12-21(22)24(28)25-19-10-9-11-20(18-19)33(29,30)26-23-14-5-4-8-15-27(23)2/h6-7,9-13,18H,3-5,8,14-17H2,1-2H3,(H,25,28)/b26-23-. The van der Waals surface area contributed by atoms with Crippen molar-refractivity contribution in [2.75, 3.05) is 38.7 Å². The summed E-state index contributed by atoms with van der Waals surface area (Å²) in [5, 5.41) is 2.76. The molecule has 0 spiro atoms. The van der Waals surface area contributed by atoms with Gasteiger partial charge in [0, 0.05) is 32.3 Å². The normalized spacial score (nSPS) is 15.8. The van der Waals surface area contributed by atoms with Crippen molar-refractivity contribution in [3.63, 3.8) is 0 Å². The van der Waals surface area contributed by atoms with Crippen LogP contribution in [0, 0.1) is 0 Å². The second kappa shape index (κ2) is 11.8. The lowest BCUT2D eigenvalue weighted by molar-refractivity contribution is 0.0998. The Balaban J connectivity index is 1.76. The van der Waals surface area contributed by atoms with Crippen molar-refractivity contribution >= 4 is 27.5 Å². The number of amides is 1. The summed E-state index contributed by atoms with van der Waals surface area (Å²) < 4.78 is 40.9. The molecule has 3 rings (SSSR count). The Labute approximate surface area is 195 Å². The van der Waals surface area contributed by atoms with Crippen LogP contribution >= 0.6 is 0 Å². The van der Waals surface area contributed by atoms with Crippen LogP contribution in [0.4, 0.5) is 5.69 Å². The van der Waals surface area contributed by atoms with Gasteiger partial charge in [-0.15, -0.1) is 4.40 Å². The van der Waals surface area contributed by atoms with E-state index < -0.39 is 15.9 Å². The average Bonchev–Trinajstić information content (AvgIpc) is 3.01. The molecule has 2 aromatic rings. The Morgan fingerprint density at radius 1 is 1.09 bits per heavy atom. The zero-order chi connectivity index (χ0) is 23.7. The fourth-order valence-electron chi connectivity index (χ4n) is 3.50. The molecule has 1 aliphatic heterocycles. The van der Waals surface area contributed by atoms with Crippen LogP contribution in [0.15, 0.2) is 57.8 Å². The first-order valence-corrected chi connectivity index (χ1v) is 12.6. The quantitative estimate of drug-likeness (QED) is 0.554. The molecule has 0 unspecified atom stereocenters. The molecule has 9 heteroatoms. The highest BCUT2D eigenvalue weighted by atomic mass is 32.2. The van der Waals surface area contributed by atoms with Crippen LogP contribution in [0.2, 0.25) is 0 Å². The number of amidine groups is 1. The molecule has 0 radical (unpaired) electrons. The Morgan fingerprint density at radius 2 is 1.91 bits per heavy atom. The summed E-state index contributed by atoms with van der Waals surface area (Å²) in [5.74, 6) is 0.604. The molecule has 178 valence electrons. The van der Waals surface area contributed by atoms with Gasteiger partial charge in [-0.1, -0.05) is 24.6 Å². The number of hydrogen-bond donors (Lipinski definition) is 1. The van der Waals surface area contributed by atoms with Gasteiger partial charge < -0.3 is 19.7 Å². The maximum atomic E-state index is 12.9. The van der Waals surface area contributed by atoms with Crippen molar-refractivity contribution in [1.82, 2.24) is 4.90 Å². The Bertz CT molecular complexity index is 1090. The van der Waals surface area contributed by atoms with Crippen molar-refractivity contribution in [2.24, 2.45) is 4.40 Å². The molecule has 1 heterocycles. The third kappa shape index (κ3) is 7.03. The maximum Gasteiger partial charge on any atom is 0.284 e. The minimum absolute atomic E-state index is 0.0340. The second-order valence-electron chi connectivity index (χ2n) is 7.74. The summed E-state index contributed by atoms with van der Waals surface area (Å²) in [5.41, 5.74) is 0.710. The number of carbonyl (C=O) groups excluding carboxylic acids is 1. The summed E-state index contributed by atoms with van der Waals surface area (Å²) in [4.78, 5) is 14.8. The van der Waals surface area contributed by atoms with Gasteiger partial charge in [-0.3, -0.25) is 4.79 Å². The number of rotatable bonds is 9. The topological polar surface area (TPSA) is 97.3 Å². The van der Waals surface area contributed by atoms with E-state index in [1.54, 1.807) is 36.4 Å². The minimum atomic E-state index is -3.90. The summed E-state index contributed by atoms with van der Waals surface area (Å²) in [6.45, 7) is 4.02. The number of ether oxygens (including phenoxy) is 2. The van der Waals surface area contributed by atoms with Gasteiger partial charge in [0.2, 0.25) is 0 Å². The Hall–Kier alpha value is -2.91. The predicted molar refractivity (Wildman–Crippen MR) is 129 cm³/mol. The molecule has 0 saturated carbocycles. The lowest BCUT2D eigenvalue weighted by Gasteiger charge is -2.17. The van der Waals surface area contributed by atoms with Crippen LogP contribution < -0.4 is 10.1 Å². The molecule has 0 aromatic heterocycles. The molecule has 1 saturated heterocycles. The summed E-state index contributed by atoms with van der Waals surface area (Å²) in [6, 6.07) is 13.0. The summed E-state index contributed by atoms with van der Waals surface area (Å²) in [7, 11) is -2.04. The molecule has 1 fully saturated rings. The number of nitrogens with zero attached hydrogens (tertiary/aromatic N) is 2. The van der Waals surface area contributed by atoms with E-state index in [0.717, 1.165) is 25.8 Å². The van der Waals surface area contributed by atoms with Crippen molar-refractivity contribution in [3.8, 4) is 5.75 Å². The number of benzene rings is 2. The van der Waals surface area contributed by atoms with E-state index in [-0.39, 0.29) is 4.90 Å². The van der Waals surface area contributed by atoms with E-state index in [1.807, 2.05) is 18.9 Å². The number of para-hydroxylation sites is 1. The minimum Gasteiger partial charge on any atom is -0.490 e. The fourth-order valence-corrected chi connectivity index (χ4v) is 4.64. The zero-order valence-corrected chi connectivity index (χ0v) is 19.9. The van der Waals surface area contributed by atoms with Crippen LogP contribution in [0.3, 0.4) is 0 Å². The molecule has 1 amide bonds. The molecule has 8 nitrogen and oxygen atoms in total. The number of anilines is 1. The molecule has 0 bridgehead atoms. The highest BCUT2D eigenvalue weighted by molar-refractivity contribution is 7.90. The van der Waals surface area contributed by atoms with E-state index in [0.29, 0.717) is 49.1 Å². The third-order valence-electron chi connectivity index (χ3n) is 5.27. The summed E-state index contributed by atoms with van der Waals surface area (Å²) in [6.07, 6.45) is 3.63. The van der Waals surface area contributed by atoms with E-state index in [9.17, 15) is 13.2 Å². The van der Waals surface area contributed by atoms with Crippen LogP contribution in [0.1, 0.15) is 43.0 Å². The van der Waals surface area contributed by atoms with E-state index in [4.69, 9.17) is 9.47 Å². The van der Waals surface area contributed by atoms with Crippen molar-refractivity contribution in [1.29, 1.82) is 0 Å². The monoisotopic (exact) mass is 473 g/mol. The van der Waals surface area contributed by atoms with Gasteiger partial charge in [0.15, 0.2) is 0 Å². The summed E-state index contributed by atoms with van der Waals surface area (Å²) >= 11 is 0. The molecule has 0 atom stereocenters. The largest absolute Gasteiger partial charge is 0.490 e. The van der Waals surface area contributed by atoms with Gasteiger partial charge >= 0.3 is 0 Å². The van der Waals surface area contributed by atoms with Gasteiger partial charge in [-0.05, 0) is 50.1 Å². The van der Waals surface area contributed by atoms with Crippen molar-refractivity contribution in [2.45, 2.75) is 37.5 Å². The first-order valence-electron chi connectivity index (χ1n) is 11.2. The Kier molecular flexibility index (Phi) is 8.85. The first kappa shape index (κ1) is 24.7. The number of sulfonamides is 1. The van der Waals surface area contributed by atoms with Gasteiger partial charge in [0.05, 0.1) is 17.1 Å². The molecule has 1 N–H and O–H groups in total. The highest BCUT2D eigenvalue weighted by Gasteiger charge is 2.19. The van der Waals surface area contributed by atoms with E-state index in [1.165, 1.54) is 12.1 Å². The average molecular weight is 474 g/mol. The first-order chi connectivity index (χ1) is 15.9. The van der Waals surface area contributed by atoms with Gasteiger partial charge in [0.25, 0.3) is 15.9 Å². The van der Waals surface area contributed by atoms with Crippen LogP contribution in [0.5, 0.6) is 5.75 Å². The fraction of sp³-hybridized carbons (Fsp3) is 0.417. The smallest absolute Gasteiger partial charge is 0.284 e. The molecule has 33 heavy (non-hydrogen) atoms. The second-order valence-corrected chi connectivity index (χ2v) is 9.34. The number of carbonyl (C=O) groups is 1. The molecule has 0 aliphatic carbocycles. The van der Waals surface area contributed by atoms with Crippen molar-refractivity contribution < 1.29 is 22.7 Å². The van der Waals surface area contributed by atoms with Gasteiger partial charge in [-0.25, -0.2) is 0 Å². The number of nitrogens with one attached hydrogen (secondary N) is 1. The predicted octanol–water partition coefficient (Wildman–Crippen LogP) is 3.95. The molecule has 1 aliphatic rings. The van der Waals surface area contributed by atoms with Crippen LogP contribution in [-0.2, 0) is 14.8 Å². The third-order valence-corrected chi connectivity index (χ3v) is 6.57. The maximum absolute atomic E-state index is 12.9.